The van der Waals surface area contributed by atoms with Crippen molar-refractivity contribution < 1.29 is 21.5 Å². The van der Waals surface area contributed by atoms with Crippen LogP contribution in [0.2, 0.25) is 17.3 Å². The molecular weight excluding hydrogens is 841 g/mol. The van der Waals surface area contributed by atoms with Gasteiger partial charge in [0.15, 0.2) is 0 Å². The number of pyridine rings is 2. The molecule has 0 fully saturated rings. The third kappa shape index (κ3) is 7.58. The SMILES string of the molecule is Cc1cc(-c2[c-]cccc2)nc[c]1[Ge]([CH3])([CH3])[CH3].[2H]C(C)(C)c1ccnc(-c2[c-]ccc3c2sc2cc(-c4c(C)cccc4C)ccc23)c1.[Ir]. The predicted molar refractivity (Wildman–Crippen MR) is 207 cm³/mol. The molecule has 0 unspecified atom stereocenters. The molecule has 0 saturated heterocycles. The molecular formula is C43H42GeIrN2S-2. The van der Waals surface area contributed by atoms with Crippen LogP contribution >= 0.6 is 11.3 Å². The van der Waals surface area contributed by atoms with E-state index in [0.29, 0.717) is 0 Å². The number of rotatable bonds is 5. The molecule has 0 spiro atoms. The molecule has 7 rings (SSSR count). The van der Waals surface area contributed by atoms with E-state index in [1.807, 2.05) is 50.2 Å². The Balaban J connectivity index is 0.000000221. The van der Waals surface area contributed by atoms with E-state index in [9.17, 15) is 0 Å². The number of fused-ring (bicyclic) bond motifs is 3. The van der Waals surface area contributed by atoms with E-state index >= 15 is 0 Å². The van der Waals surface area contributed by atoms with Gasteiger partial charge in [-0.1, -0.05) is 61.2 Å². The van der Waals surface area contributed by atoms with Crippen LogP contribution in [-0.2, 0) is 20.1 Å². The third-order valence-electron chi connectivity index (χ3n) is 8.70. The van der Waals surface area contributed by atoms with Crippen LogP contribution in [0.1, 0.15) is 43.4 Å². The first kappa shape index (κ1) is 34.5. The number of hydrogen-bond donors (Lipinski definition) is 0. The summed E-state index contributed by atoms with van der Waals surface area (Å²) in [5.74, 6) is 6.54. The Morgan fingerprint density at radius 1 is 0.750 bits per heavy atom. The molecule has 7 aromatic rings. The minimum absolute atomic E-state index is 0. The number of thiophene rings is 1. The van der Waals surface area contributed by atoms with Crippen LogP contribution in [0.25, 0.3) is 53.8 Å². The van der Waals surface area contributed by atoms with Crippen molar-refractivity contribution in [1.29, 1.82) is 0 Å². The first-order chi connectivity index (χ1) is 22.8. The molecule has 48 heavy (non-hydrogen) atoms. The van der Waals surface area contributed by atoms with Gasteiger partial charge in [0.1, 0.15) is 0 Å². The quantitative estimate of drug-likeness (QED) is 0.127. The zero-order valence-electron chi connectivity index (χ0n) is 30.0. The summed E-state index contributed by atoms with van der Waals surface area (Å²) >= 11 is 0.0263. The van der Waals surface area contributed by atoms with Crippen LogP contribution in [-0.4, -0.2) is 23.2 Å². The van der Waals surface area contributed by atoms with Crippen molar-refractivity contribution in [1.82, 2.24) is 9.97 Å². The predicted octanol–water partition coefficient (Wildman–Crippen LogP) is 11.7. The number of aryl methyl sites for hydroxylation is 3. The van der Waals surface area contributed by atoms with Gasteiger partial charge >= 0.3 is 106 Å². The molecule has 0 aliphatic carbocycles. The number of benzene rings is 4. The fraction of sp³-hybridized carbons (Fsp3) is 0.209. The second kappa shape index (κ2) is 15.0. The minimum atomic E-state index is -1.77. The van der Waals surface area contributed by atoms with Crippen LogP contribution in [0.15, 0.2) is 103 Å². The summed E-state index contributed by atoms with van der Waals surface area (Å²) in [6.45, 7) is 10.4. The van der Waals surface area contributed by atoms with Crippen LogP contribution in [0.4, 0.5) is 0 Å². The van der Waals surface area contributed by atoms with Gasteiger partial charge in [-0.25, -0.2) is 0 Å². The van der Waals surface area contributed by atoms with Crippen molar-refractivity contribution in [2.75, 3.05) is 0 Å². The maximum atomic E-state index is 8.39. The molecule has 2 nitrogen and oxygen atoms in total. The Hall–Kier alpha value is -3.41. The molecule has 3 aromatic heterocycles. The standard InChI is InChI=1S/C28H24NS.C15H18GeN.Ir/c1-17(2)20-13-14-29-25(15-20)24-10-6-9-23-22-12-11-21(16-26(22)30-28(23)24)27-18(3)7-5-8-19(27)4;1-12-10-15(13-8-6-5-7-9-13)17-11-14(12)16(2,3)4;/h5-9,11-17H,1-4H3;5-8,10-11H,1-4H3;/q2*-1;/i17D;;. The molecule has 0 aliphatic rings. The Bertz CT molecular complexity index is 2230. The second-order valence-corrected chi connectivity index (χ2v) is 25.1. The van der Waals surface area contributed by atoms with Crippen LogP contribution in [0, 0.1) is 32.9 Å². The van der Waals surface area contributed by atoms with Crippen molar-refractivity contribution in [2.24, 2.45) is 0 Å². The Morgan fingerprint density at radius 2 is 1.52 bits per heavy atom. The van der Waals surface area contributed by atoms with Gasteiger partial charge in [0.2, 0.25) is 0 Å². The second-order valence-electron chi connectivity index (χ2n) is 13.5. The monoisotopic (exact) mass is 886 g/mol. The summed E-state index contributed by atoms with van der Waals surface area (Å²) in [6.07, 6.45) is 3.88. The Kier molecular flexibility index (Phi) is 10.8. The van der Waals surface area contributed by atoms with Gasteiger partial charge < -0.3 is 4.98 Å². The van der Waals surface area contributed by atoms with Gasteiger partial charge in [-0.2, -0.15) is 11.3 Å². The van der Waals surface area contributed by atoms with Crippen molar-refractivity contribution in [2.45, 2.75) is 57.8 Å². The summed E-state index contributed by atoms with van der Waals surface area (Å²) in [4.78, 5) is 9.22. The van der Waals surface area contributed by atoms with Crippen LogP contribution in [0.3, 0.4) is 0 Å². The van der Waals surface area contributed by atoms with Gasteiger partial charge in [0, 0.05) is 32.4 Å². The van der Waals surface area contributed by atoms with E-state index in [2.05, 4.69) is 121 Å². The number of nitrogens with zero attached hydrogens (tertiary/aromatic N) is 2. The average molecular weight is 885 g/mol. The minimum Gasteiger partial charge on any atom is -0.305 e. The third-order valence-corrected chi connectivity index (χ3v) is 14.4. The summed E-state index contributed by atoms with van der Waals surface area (Å²) < 4.78 is 12.3. The first-order valence-corrected chi connectivity index (χ1v) is 24.3. The molecule has 3 heterocycles. The summed E-state index contributed by atoms with van der Waals surface area (Å²) in [5.41, 5.74) is 11.5. The zero-order valence-corrected chi connectivity index (χ0v) is 34.3. The van der Waals surface area contributed by atoms with Crippen molar-refractivity contribution >= 4 is 49.2 Å². The summed E-state index contributed by atoms with van der Waals surface area (Å²) in [6, 6.07) is 38.2. The number of aromatic nitrogens is 2. The topological polar surface area (TPSA) is 25.8 Å². The normalized spacial score (nSPS) is 11.9. The maximum absolute atomic E-state index is 8.39. The van der Waals surface area contributed by atoms with E-state index in [1.165, 1.54) is 52.4 Å². The molecule has 1 radical (unpaired) electrons. The Morgan fingerprint density at radius 3 is 2.19 bits per heavy atom. The summed E-state index contributed by atoms with van der Waals surface area (Å²) in [5, 5.41) is 2.50. The van der Waals surface area contributed by atoms with Crippen molar-refractivity contribution in [3.05, 3.63) is 138 Å². The van der Waals surface area contributed by atoms with E-state index in [4.69, 9.17) is 1.37 Å². The van der Waals surface area contributed by atoms with Gasteiger partial charge in [-0.3, -0.25) is 0 Å². The van der Waals surface area contributed by atoms with Crippen LogP contribution in [0.5, 0.6) is 0 Å². The smallest absolute Gasteiger partial charge is 0.0346 e. The van der Waals surface area contributed by atoms with E-state index in [-0.39, 0.29) is 20.1 Å². The molecule has 0 atom stereocenters. The maximum Gasteiger partial charge on any atom is 0.0346 e. The molecule has 0 N–H and O–H groups in total. The fourth-order valence-corrected chi connectivity index (χ4v) is 11.1. The molecule has 0 amide bonds. The molecule has 0 aliphatic heterocycles. The fourth-order valence-electron chi connectivity index (χ4n) is 6.28. The van der Waals surface area contributed by atoms with E-state index < -0.39 is 19.2 Å². The summed E-state index contributed by atoms with van der Waals surface area (Å²) in [7, 11) is 0. The first-order valence-electron chi connectivity index (χ1n) is 16.7. The molecule has 4 aromatic carbocycles. The molecule has 5 heteroatoms. The van der Waals surface area contributed by atoms with Crippen LogP contribution < -0.4 is 4.40 Å². The largest absolute Gasteiger partial charge is 0.305 e. The van der Waals surface area contributed by atoms with Gasteiger partial charge in [0.05, 0.1) is 0 Å². The Labute approximate surface area is 307 Å². The molecule has 0 saturated carbocycles. The van der Waals surface area contributed by atoms with Gasteiger partial charge in [0.25, 0.3) is 0 Å². The van der Waals surface area contributed by atoms with E-state index in [0.717, 1.165) is 28.1 Å². The van der Waals surface area contributed by atoms with Crippen molar-refractivity contribution in [3.63, 3.8) is 0 Å². The number of hydrogen-bond acceptors (Lipinski definition) is 3. The van der Waals surface area contributed by atoms with Gasteiger partial charge in [-0.15, -0.1) is 23.8 Å². The molecule has 245 valence electrons. The van der Waals surface area contributed by atoms with Gasteiger partial charge in [-0.05, 0) is 69.9 Å². The molecule has 0 bridgehead atoms. The van der Waals surface area contributed by atoms with Crippen molar-refractivity contribution in [3.8, 4) is 33.6 Å². The van der Waals surface area contributed by atoms with E-state index in [1.54, 1.807) is 17.5 Å². The average Bonchev–Trinajstić information content (AvgIpc) is 3.43. The zero-order chi connectivity index (χ0) is 34.2.